The Bertz CT molecular complexity index is 6240. The molecule has 0 radical (unpaired) electrons. The van der Waals surface area contributed by atoms with Crippen molar-refractivity contribution in [2.75, 3.05) is 53.6 Å². The molecule has 9 amide bonds. The molecule has 0 saturated carbocycles. The van der Waals surface area contributed by atoms with Crippen LogP contribution in [0.5, 0.6) is 0 Å². The Balaban J connectivity index is 0.973. The van der Waals surface area contributed by atoms with Crippen LogP contribution in [0.4, 0.5) is 56.9 Å². The molecule has 120 heavy (non-hydrogen) atoms. The molecule has 0 heterocycles. The van der Waals surface area contributed by atoms with Gasteiger partial charge in [0, 0.05) is 119 Å². The van der Waals surface area contributed by atoms with E-state index >= 15 is 9.59 Å². The van der Waals surface area contributed by atoms with Gasteiger partial charge in [0.15, 0.2) is 5.78 Å². The zero-order chi connectivity index (χ0) is 86.7. The molecule has 18 N–H and O–H groups in total. The van der Waals surface area contributed by atoms with Crippen LogP contribution in [-0.2, 0) is 6.42 Å². The lowest BCUT2D eigenvalue weighted by atomic mass is 9.96. The van der Waals surface area contributed by atoms with E-state index in [0.717, 1.165) is 145 Å². The predicted molar refractivity (Wildman–Crippen MR) is 433 cm³/mol. The van der Waals surface area contributed by atoms with E-state index in [1.807, 2.05) is 6.07 Å². The summed E-state index contributed by atoms with van der Waals surface area (Å²) in [5.41, 5.74) is -0.618. The maximum absolute atomic E-state index is 15.2. The largest absolute Gasteiger partial charge is 0.478 e. The highest BCUT2D eigenvalue weighted by atomic mass is 16.4. The van der Waals surface area contributed by atoms with E-state index in [1.54, 1.807) is 26.0 Å². The summed E-state index contributed by atoms with van der Waals surface area (Å²) in [4.78, 5) is 228. The molecule has 11 aromatic carbocycles. The minimum absolute atomic E-state index is 0.0103. The molecule has 34 heteroatoms. The number of carboxylic acids is 7. The Morgan fingerprint density at radius 3 is 0.675 bits per heavy atom. The van der Waals surface area contributed by atoms with Crippen molar-refractivity contribution >= 4 is 158 Å². The van der Waals surface area contributed by atoms with Gasteiger partial charge < -0.3 is 89.3 Å². The number of aryl methyl sites for hydroxylation is 2. The summed E-state index contributed by atoms with van der Waals surface area (Å²) in [5, 5.41) is 91.2. The first-order valence-electron chi connectivity index (χ1n) is 35.1. The van der Waals surface area contributed by atoms with Crippen molar-refractivity contribution in [3.05, 3.63) is 330 Å². The highest BCUT2D eigenvalue weighted by Gasteiger charge is 2.26. The SMILES string of the molecule is Cc1cc(C)cc(NC(=O)c2cc(CC(=O)c3cc(NC(=O)c4cc(NC(=O)c5cc(N)cc(C(=O)Nc6cc(C(=O)O)cc(C(=O)O)c6)c5)cc(C(=O)Nc5cccc(C(=O)O)c5)c4)cc(C(=O)Nc4cc(C(=O)O)cc(C(=O)Nc5cccc(C(=O)O)c5)c4)c3)cc(C(=O)Nc3cc(C(=O)O)cc(C(=O)Nc4cccc(C(=O)O)c4)c3)c2)c1. The van der Waals surface area contributed by atoms with E-state index in [4.69, 9.17) is 5.73 Å². The van der Waals surface area contributed by atoms with Gasteiger partial charge in [-0.15, -0.1) is 0 Å². The number of aromatic carboxylic acids is 7. The van der Waals surface area contributed by atoms with Crippen LogP contribution in [0, 0.1) is 13.8 Å². The maximum Gasteiger partial charge on any atom is 0.335 e. The summed E-state index contributed by atoms with van der Waals surface area (Å²) in [5.74, 6) is -20.4. The zero-order valence-corrected chi connectivity index (χ0v) is 62.1. The number of carbonyl (C=O) groups excluding carboxylic acids is 10. The lowest BCUT2D eigenvalue weighted by molar-refractivity contribution is 0.0679. The van der Waals surface area contributed by atoms with Crippen LogP contribution >= 0.6 is 0 Å². The number of hydrogen-bond acceptors (Lipinski definition) is 18. The second-order valence-electron chi connectivity index (χ2n) is 26.7. The maximum atomic E-state index is 15.2. The molecule has 0 atom stereocenters. The van der Waals surface area contributed by atoms with Crippen molar-refractivity contribution in [1.29, 1.82) is 0 Å². The van der Waals surface area contributed by atoms with Crippen LogP contribution in [-0.4, -0.2) is 136 Å². The Kier molecular flexibility index (Phi) is 24.7. The van der Waals surface area contributed by atoms with E-state index in [2.05, 4.69) is 47.9 Å². The van der Waals surface area contributed by atoms with Gasteiger partial charge in [-0.25, -0.2) is 33.6 Å². The average Bonchev–Trinajstić information content (AvgIpc) is 0.808. The van der Waals surface area contributed by atoms with Crippen LogP contribution in [0.2, 0.25) is 0 Å². The fourth-order valence-electron chi connectivity index (χ4n) is 12.1. The first-order valence-corrected chi connectivity index (χ1v) is 35.1. The number of Topliss-reactive ketones (excluding diaryl/α,β-unsaturated/α-hetero) is 1. The summed E-state index contributed by atoms with van der Waals surface area (Å²) in [7, 11) is 0. The lowest BCUT2D eigenvalue weighted by Gasteiger charge is -2.15. The summed E-state index contributed by atoms with van der Waals surface area (Å²) in [6, 6.07) is 42.1. The van der Waals surface area contributed by atoms with Crippen LogP contribution in [0.15, 0.2) is 218 Å². The van der Waals surface area contributed by atoms with E-state index in [1.165, 1.54) is 66.7 Å². The van der Waals surface area contributed by atoms with E-state index in [-0.39, 0.29) is 101 Å². The van der Waals surface area contributed by atoms with Gasteiger partial charge in [0.05, 0.1) is 38.9 Å². The Morgan fingerprint density at radius 1 is 0.217 bits per heavy atom. The highest BCUT2D eigenvalue weighted by molar-refractivity contribution is 6.17. The number of nitrogens with two attached hydrogens (primary N) is 1. The molecule has 0 aromatic heterocycles. The molecular weight excluding hydrogens is 1560 g/mol. The third-order valence-corrected chi connectivity index (χ3v) is 17.5. The molecule has 0 spiro atoms. The van der Waals surface area contributed by atoms with Crippen LogP contribution in [0.1, 0.15) is 193 Å². The third-order valence-electron chi connectivity index (χ3n) is 17.5. The first kappa shape index (κ1) is 83.3. The number of nitrogens with one attached hydrogen (secondary N) is 9. The molecule has 0 bridgehead atoms. The van der Waals surface area contributed by atoms with Crippen LogP contribution in [0.25, 0.3) is 0 Å². The molecule has 0 unspecified atom stereocenters. The number of ketones is 1. The minimum Gasteiger partial charge on any atom is -0.478 e. The number of carboxylic acid groups (broad SMARTS) is 7. The zero-order valence-electron chi connectivity index (χ0n) is 62.1. The van der Waals surface area contributed by atoms with Gasteiger partial charge in [0.1, 0.15) is 0 Å². The summed E-state index contributed by atoms with van der Waals surface area (Å²) >= 11 is 0. The molecule has 34 nitrogen and oxygen atoms in total. The number of nitrogen functional groups attached to an aromatic ring is 1. The van der Waals surface area contributed by atoms with Crippen molar-refractivity contribution in [1.82, 2.24) is 0 Å². The molecule has 11 aromatic rings. The number of hydrogen-bond donors (Lipinski definition) is 17. The summed E-state index contributed by atoms with van der Waals surface area (Å²) in [6.07, 6.45) is -0.775. The van der Waals surface area contributed by atoms with Gasteiger partial charge in [0.2, 0.25) is 0 Å². The van der Waals surface area contributed by atoms with Crippen molar-refractivity contribution in [3.8, 4) is 0 Å². The van der Waals surface area contributed by atoms with Crippen molar-refractivity contribution in [2.45, 2.75) is 20.3 Å². The predicted octanol–water partition coefficient (Wildman–Crippen LogP) is 12.5. The van der Waals surface area contributed by atoms with Gasteiger partial charge in [-0.1, -0.05) is 24.3 Å². The molecule has 600 valence electrons. The van der Waals surface area contributed by atoms with Crippen LogP contribution in [0.3, 0.4) is 0 Å². The normalized spacial score (nSPS) is 10.6. The summed E-state index contributed by atoms with van der Waals surface area (Å²) in [6.45, 7) is 3.53. The fourth-order valence-corrected chi connectivity index (χ4v) is 12.1. The molecule has 0 aliphatic heterocycles. The first-order chi connectivity index (χ1) is 56.9. The summed E-state index contributed by atoms with van der Waals surface area (Å²) < 4.78 is 0. The van der Waals surface area contributed by atoms with Gasteiger partial charge in [0.25, 0.3) is 53.2 Å². The number of amides is 9. The second-order valence-corrected chi connectivity index (χ2v) is 26.7. The average molecular weight is 1620 g/mol. The standard InChI is InChI=1S/C86H62N10O24/c1-40-12-41(2)14-64(13-40)91-71(98)47-15-42(16-48(19-47)72(99)94-67-34-54(22-56(36-67)83(113)114)76(103)89-62-10-4-7-44(28-62)81(109)110)17-70(97)46-18-51(78(105)95-68-35-55(23-57(37-68)84(115)116)77(104)90-63-11-5-8-45(29-63)82(111)112)31-65(30-46)92-79(106)53-21-52(75(102)88-61-9-3-6-43(27-61)80(107)108)32-66(33-53)93-73(100)49-20-50(26-60(87)25-49)74(101)96-69-38-58(85(117)118)24-59(39-69)86(119)120/h3-16,18-39H,17,87H2,1-2H3,(H,88,102)(H,89,103)(H,90,104)(H,91,98)(H,92,106)(H,93,100)(H,94,99)(H,95,105)(H,96,101)(H,107,108)(H,109,110)(H,111,112)(H,113,114)(H,115,116)(H,117,118)(H,119,120). The van der Waals surface area contributed by atoms with Crippen LogP contribution < -0.4 is 53.6 Å². The Morgan fingerprint density at radius 2 is 0.408 bits per heavy atom. The van der Waals surface area contributed by atoms with Gasteiger partial charge >= 0.3 is 41.8 Å². The molecule has 0 aliphatic carbocycles. The molecular formula is C86H62N10O24. The quantitative estimate of drug-likeness (QED) is 0.0160. The van der Waals surface area contributed by atoms with E-state index < -0.39 is 157 Å². The van der Waals surface area contributed by atoms with Gasteiger partial charge in [-0.05, 0) is 225 Å². The minimum atomic E-state index is -1.59. The monoisotopic (exact) mass is 1620 g/mol. The molecule has 0 aliphatic rings. The number of benzene rings is 11. The lowest BCUT2D eigenvalue weighted by Crippen LogP contribution is -2.20. The van der Waals surface area contributed by atoms with Crippen molar-refractivity contribution < 1.29 is 117 Å². The van der Waals surface area contributed by atoms with E-state index in [9.17, 15) is 108 Å². The molecule has 0 saturated heterocycles. The van der Waals surface area contributed by atoms with Gasteiger partial charge in [-0.3, -0.25) is 47.9 Å². The third kappa shape index (κ3) is 21.2. The smallest absolute Gasteiger partial charge is 0.335 e. The van der Waals surface area contributed by atoms with Gasteiger partial charge in [-0.2, -0.15) is 0 Å². The Labute approximate surface area is 675 Å². The van der Waals surface area contributed by atoms with E-state index in [0.29, 0.717) is 5.69 Å². The topological polar surface area (TPSA) is 566 Å². The number of rotatable bonds is 28. The number of anilines is 10. The number of carbonyl (C=O) groups is 17. The molecule has 11 rings (SSSR count). The molecule has 0 fully saturated rings. The van der Waals surface area contributed by atoms with Crippen molar-refractivity contribution in [3.63, 3.8) is 0 Å². The second kappa shape index (κ2) is 35.6. The fraction of sp³-hybridized carbons (Fsp3) is 0.0349. The van der Waals surface area contributed by atoms with Crippen molar-refractivity contribution in [2.24, 2.45) is 0 Å². The Hall–Kier alpha value is -17.6. The highest BCUT2D eigenvalue weighted by Crippen LogP contribution is 2.29.